The zero-order valence-corrected chi connectivity index (χ0v) is 7.35. The van der Waals surface area contributed by atoms with E-state index >= 15 is 0 Å². The van der Waals surface area contributed by atoms with Crippen molar-refractivity contribution in [3.63, 3.8) is 0 Å². The first-order valence-corrected chi connectivity index (χ1v) is 3.74. The van der Waals surface area contributed by atoms with E-state index in [1.807, 2.05) is 0 Å². The first-order chi connectivity index (χ1) is 6.50. The van der Waals surface area contributed by atoms with Crippen molar-refractivity contribution in [1.29, 1.82) is 0 Å². The number of carbonyl (C=O) groups is 1. The molecular formula is C8H8N2O4. The quantitative estimate of drug-likeness (QED) is 0.618. The van der Waals surface area contributed by atoms with Gasteiger partial charge in [-0.3, -0.25) is 4.79 Å². The Morgan fingerprint density at radius 1 is 1.57 bits per heavy atom. The standard InChI is InChI=1S/C8H8N2O4/c1-5-4-6(11)10(8(14)9-5)3-2-7(12)13/h2-4H,1H3,(H,9,14)(H,12,13). The van der Waals surface area contributed by atoms with E-state index in [1.54, 1.807) is 6.92 Å². The normalized spacial score (nSPS) is 10.6. The SMILES string of the molecule is Cc1cc(=O)n(C=CC(=O)O)c(=O)[nH]1. The van der Waals surface area contributed by atoms with Crippen molar-refractivity contribution in [2.75, 3.05) is 0 Å². The van der Waals surface area contributed by atoms with Gasteiger partial charge in [0.1, 0.15) is 0 Å². The number of nitrogens with zero attached hydrogens (tertiary/aromatic N) is 1. The van der Waals surface area contributed by atoms with E-state index in [0.29, 0.717) is 16.3 Å². The van der Waals surface area contributed by atoms with Crippen LogP contribution in [0.3, 0.4) is 0 Å². The van der Waals surface area contributed by atoms with Gasteiger partial charge in [0, 0.05) is 24.0 Å². The Bertz CT molecular complexity index is 464. The lowest BCUT2D eigenvalue weighted by Gasteiger charge is -1.96. The van der Waals surface area contributed by atoms with E-state index in [0.717, 1.165) is 6.20 Å². The van der Waals surface area contributed by atoms with Crippen LogP contribution in [0.5, 0.6) is 0 Å². The molecule has 1 aromatic rings. The zero-order chi connectivity index (χ0) is 10.7. The third kappa shape index (κ3) is 2.19. The van der Waals surface area contributed by atoms with Gasteiger partial charge < -0.3 is 10.1 Å². The van der Waals surface area contributed by atoms with Gasteiger partial charge in [0.25, 0.3) is 5.56 Å². The summed E-state index contributed by atoms with van der Waals surface area (Å²) < 4.78 is 0.682. The average Bonchev–Trinajstić information content (AvgIpc) is 2.01. The van der Waals surface area contributed by atoms with Crippen molar-refractivity contribution >= 4 is 12.2 Å². The minimum atomic E-state index is -1.23. The third-order valence-corrected chi connectivity index (χ3v) is 1.47. The predicted molar refractivity (Wildman–Crippen MR) is 49.0 cm³/mol. The van der Waals surface area contributed by atoms with Crippen LogP contribution in [0, 0.1) is 6.92 Å². The first kappa shape index (κ1) is 9.97. The van der Waals surface area contributed by atoms with E-state index in [4.69, 9.17) is 5.11 Å². The molecule has 0 aliphatic carbocycles. The number of H-pyrrole nitrogens is 1. The molecule has 6 heteroatoms. The Balaban J connectivity index is 3.30. The van der Waals surface area contributed by atoms with Crippen LogP contribution >= 0.6 is 0 Å². The molecular weight excluding hydrogens is 188 g/mol. The van der Waals surface area contributed by atoms with E-state index in [2.05, 4.69) is 4.98 Å². The van der Waals surface area contributed by atoms with Gasteiger partial charge in [-0.25, -0.2) is 14.2 Å². The van der Waals surface area contributed by atoms with Gasteiger partial charge in [0.2, 0.25) is 0 Å². The fourth-order valence-electron chi connectivity index (χ4n) is 0.899. The minimum Gasteiger partial charge on any atom is -0.478 e. The highest BCUT2D eigenvalue weighted by Crippen LogP contribution is 1.81. The topological polar surface area (TPSA) is 92.2 Å². The second-order valence-corrected chi connectivity index (χ2v) is 2.62. The average molecular weight is 196 g/mol. The lowest BCUT2D eigenvalue weighted by atomic mass is 10.4. The highest BCUT2D eigenvalue weighted by Gasteiger charge is 1.98. The summed E-state index contributed by atoms with van der Waals surface area (Å²) >= 11 is 0. The number of hydrogen-bond acceptors (Lipinski definition) is 3. The largest absolute Gasteiger partial charge is 0.478 e. The molecule has 0 bridgehead atoms. The second-order valence-electron chi connectivity index (χ2n) is 2.62. The summed E-state index contributed by atoms with van der Waals surface area (Å²) in [4.78, 5) is 34.8. The first-order valence-electron chi connectivity index (χ1n) is 3.74. The Labute approximate surface area is 78.1 Å². The van der Waals surface area contributed by atoms with Crippen molar-refractivity contribution in [2.45, 2.75) is 6.92 Å². The summed E-state index contributed by atoms with van der Waals surface area (Å²) in [6.07, 6.45) is 1.62. The number of aliphatic carboxylic acids is 1. The molecule has 0 aliphatic rings. The van der Waals surface area contributed by atoms with Crippen molar-refractivity contribution in [1.82, 2.24) is 9.55 Å². The van der Waals surface area contributed by atoms with Crippen LogP contribution in [0.2, 0.25) is 0 Å². The van der Waals surface area contributed by atoms with Gasteiger partial charge in [-0.05, 0) is 6.92 Å². The van der Waals surface area contributed by atoms with Crippen LogP contribution in [0.15, 0.2) is 21.7 Å². The molecule has 0 aliphatic heterocycles. The molecule has 0 saturated heterocycles. The molecule has 1 aromatic heterocycles. The molecule has 1 rings (SSSR count). The lowest BCUT2D eigenvalue weighted by Crippen LogP contribution is -2.31. The van der Waals surface area contributed by atoms with Gasteiger partial charge in [0.15, 0.2) is 0 Å². The lowest BCUT2D eigenvalue weighted by molar-refractivity contribution is -0.131. The third-order valence-electron chi connectivity index (χ3n) is 1.47. The summed E-state index contributed by atoms with van der Waals surface area (Å²) in [5, 5.41) is 8.30. The summed E-state index contributed by atoms with van der Waals surface area (Å²) in [7, 11) is 0. The second kappa shape index (κ2) is 3.73. The van der Waals surface area contributed by atoms with Crippen LogP contribution in [-0.4, -0.2) is 20.6 Å². The van der Waals surface area contributed by atoms with E-state index < -0.39 is 17.2 Å². The molecule has 0 amide bonds. The molecule has 0 atom stereocenters. The van der Waals surface area contributed by atoms with Gasteiger partial charge in [-0.2, -0.15) is 0 Å². The Kier molecular flexibility index (Phi) is 2.66. The molecule has 1 heterocycles. The van der Waals surface area contributed by atoms with Crippen molar-refractivity contribution in [2.24, 2.45) is 0 Å². The van der Waals surface area contributed by atoms with Crippen LogP contribution < -0.4 is 11.2 Å². The number of aromatic nitrogens is 2. The van der Waals surface area contributed by atoms with Crippen LogP contribution in [0.25, 0.3) is 6.20 Å². The maximum Gasteiger partial charge on any atom is 0.332 e. The van der Waals surface area contributed by atoms with E-state index in [1.165, 1.54) is 6.07 Å². The summed E-state index contributed by atoms with van der Waals surface area (Å²) in [5.41, 5.74) is -0.795. The number of carboxylic acid groups (broad SMARTS) is 1. The highest BCUT2D eigenvalue weighted by molar-refractivity contribution is 5.82. The summed E-state index contributed by atoms with van der Waals surface area (Å²) in [6.45, 7) is 1.56. The molecule has 0 saturated carbocycles. The number of hydrogen-bond donors (Lipinski definition) is 2. The van der Waals surface area contributed by atoms with Crippen molar-refractivity contribution in [3.8, 4) is 0 Å². The number of aryl methyl sites for hydroxylation is 1. The molecule has 0 unspecified atom stereocenters. The molecule has 0 aromatic carbocycles. The van der Waals surface area contributed by atoms with E-state index in [-0.39, 0.29) is 0 Å². The Morgan fingerprint density at radius 2 is 2.21 bits per heavy atom. The van der Waals surface area contributed by atoms with Crippen LogP contribution in [-0.2, 0) is 4.79 Å². The van der Waals surface area contributed by atoms with Gasteiger partial charge in [-0.15, -0.1) is 0 Å². The van der Waals surface area contributed by atoms with Crippen LogP contribution in [0.1, 0.15) is 5.69 Å². The number of carboxylic acids is 1. The molecule has 2 N–H and O–H groups in total. The highest BCUT2D eigenvalue weighted by atomic mass is 16.4. The fraction of sp³-hybridized carbons (Fsp3) is 0.125. The summed E-state index contributed by atoms with van der Waals surface area (Å²) in [5.74, 6) is -1.23. The number of aromatic amines is 1. The molecule has 0 spiro atoms. The predicted octanol–water partition coefficient (Wildman–Crippen LogP) is -0.600. The number of nitrogens with one attached hydrogen (secondary N) is 1. The molecule has 14 heavy (non-hydrogen) atoms. The van der Waals surface area contributed by atoms with E-state index in [9.17, 15) is 14.4 Å². The van der Waals surface area contributed by atoms with Gasteiger partial charge >= 0.3 is 11.7 Å². The number of rotatable bonds is 2. The molecule has 74 valence electrons. The van der Waals surface area contributed by atoms with Crippen molar-refractivity contribution in [3.05, 3.63) is 38.7 Å². The van der Waals surface area contributed by atoms with Gasteiger partial charge in [0.05, 0.1) is 0 Å². The molecule has 0 fully saturated rings. The van der Waals surface area contributed by atoms with Gasteiger partial charge in [-0.1, -0.05) is 0 Å². The monoisotopic (exact) mass is 196 g/mol. The maximum absolute atomic E-state index is 11.2. The Morgan fingerprint density at radius 3 is 2.71 bits per heavy atom. The fourth-order valence-corrected chi connectivity index (χ4v) is 0.899. The smallest absolute Gasteiger partial charge is 0.332 e. The summed E-state index contributed by atoms with van der Waals surface area (Å²) in [6, 6.07) is 1.20. The molecule has 6 nitrogen and oxygen atoms in total. The maximum atomic E-state index is 11.2. The minimum absolute atomic E-state index is 0.431. The Hall–Kier alpha value is -2.11. The van der Waals surface area contributed by atoms with Crippen LogP contribution in [0.4, 0.5) is 0 Å². The van der Waals surface area contributed by atoms with Crippen molar-refractivity contribution < 1.29 is 9.90 Å². The zero-order valence-electron chi connectivity index (χ0n) is 7.35. The molecule has 0 radical (unpaired) electrons.